The van der Waals surface area contributed by atoms with Crippen LogP contribution in [0.5, 0.6) is 11.5 Å². The van der Waals surface area contributed by atoms with Gasteiger partial charge in [-0.3, -0.25) is 4.90 Å². The van der Waals surface area contributed by atoms with Crippen LogP contribution in [0, 0.1) is 0 Å². The maximum absolute atomic E-state index is 10.6. The van der Waals surface area contributed by atoms with Crippen molar-refractivity contribution in [2.45, 2.75) is 18.9 Å². The molecular weight excluding hydrogens is 419 g/mol. The number of hydrogen-bond acceptors (Lipinski definition) is 4. The van der Waals surface area contributed by atoms with Gasteiger partial charge in [0.2, 0.25) is 0 Å². The van der Waals surface area contributed by atoms with Crippen LogP contribution in [0.25, 0.3) is 0 Å². The molecule has 0 aromatic heterocycles. The molecule has 6 heteroatoms. The fourth-order valence-corrected chi connectivity index (χ4v) is 4.78. The molecule has 0 amide bonds. The van der Waals surface area contributed by atoms with Crippen molar-refractivity contribution < 1.29 is 9.84 Å². The first kappa shape index (κ1) is 21.1. The van der Waals surface area contributed by atoms with E-state index in [1.807, 2.05) is 36.4 Å². The third-order valence-corrected chi connectivity index (χ3v) is 6.72. The van der Waals surface area contributed by atoms with Crippen LogP contribution in [-0.2, 0) is 0 Å². The number of nitrogens with zero attached hydrogens (tertiary/aromatic N) is 2. The number of para-hydroxylation sites is 1. The number of allylic oxidation sites excluding steroid dienone is 3. The highest BCUT2D eigenvalue weighted by Gasteiger charge is 2.30. The minimum absolute atomic E-state index is 0.0570. The number of ether oxygens (including phenoxy) is 1. The maximum atomic E-state index is 10.6. The quantitative estimate of drug-likeness (QED) is 0.662. The molecule has 1 saturated heterocycles. The van der Waals surface area contributed by atoms with Crippen LogP contribution >= 0.6 is 23.2 Å². The van der Waals surface area contributed by atoms with Gasteiger partial charge in [0.25, 0.3) is 0 Å². The lowest BCUT2D eigenvalue weighted by Gasteiger charge is -2.42. The number of hydrogen-bond donors (Lipinski definition) is 1. The van der Waals surface area contributed by atoms with E-state index in [-0.39, 0.29) is 6.04 Å². The Balaban J connectivity index is 1.60. The molecule has 0 spiro atoms. The van der Waals surface area contributed by atoms with Gasteiger partial charge in [0.1, 0.15) is 11.5 Å². The molecule has 30 heavy (non-hydrogen) atoms. The number of phenols is 1. The molecule has 1 unspecified atom stereocenters. The van der Waals surface area contributed by atoms with E-state index >= 15 is 0 Å². The second-order valence-corrected chi connectivity index (χ2v) is 8.44. The van der Waals surface area contributed by atoms with Crippen LogP contribution in [0.4, 0.5) is 0 Å². The summed E-state index contributed by atoms with van der Waals surface area (Å²) in [5.41, 5.74) is 3.05. The summed E-state index contributed by atoms with van der Waals surface area (Å²) in [5.74, 6) is 1.12. The largest absolute Gasteiger partial charge is 0.508 e. The Morgan fingerprint density at radius 2 is 1.77 bits per heavy atom. The Morgan fingerprint density at radius 3 is 2.50 bits per heavy atom. The minimum atomic E-state index is -0.0570. The second-order valence-electron chi connectivity index (χ2n) is 7.61. The first-order valence-corrected chi connectivity index (χ1v) is 11.0. The van der Waals surface area contributed by atoms with E-state index in [1.54, 1.807) is 13.2 Å². The number of methoxy groups -OCH3 is 1. The van der Waals surface area contributed by atoms with Gasteiger partial charge >= 0.3 is 0 Å². The predicted octanol–water partition coefficient (Wildman–Crippen LogP) is 5.47. The number of halogens is 2. The van der Waals surface area contributed by atoms with Crippen LogP contribution in [0.15, 0.2) is 70.4 Å². The summed E-state index contributed by atoms with van der Waals surface area (Å²) in [5, 5.41) is 12.0. The van der Waals surface area contributed by atoms with Crippen molar-refractivity contribution in [3.05, 3.63) is 81.5 Å². The summed E-state index contributed by atoms with van der Waals surface area (Å²) in [6, 6.07) is 15.6. The average Bonchev–Trinajstić information content (AvgIpc) is 2.78. The zero-order chi connectivity index (χ0) is 21.1. The van der Waals surface area contributed by atoms with E-state index in [2.05, 4.69) is 21.9 Å². The molecule has 1 heterocycles. The fraction of sp³-hybridized carbons (Fsp3) is 0.333. The molecule has 1 N–H and O–H groups in total. The van der Waals surface area contributed by atoms with Gasteiger partial charge in [-0.05, 0) is 36.6 Å². The van der Waals surface area contributed by atoms with E-state index in [0.29, 0.717) is 10.8 Å². The zero-order valence-corrected chi connectivity index (χ0v) is 18.5. The smallest absolute Gasteiger partial charge is 0.120 e. The summed E-state index contributed by atoms with van der Waals surface area (Å²) < 4.78 is 5.45. The van der Waals surface area contributed by atoms with Crippen molar-refractivity contribution in [1.29, 1.82) is 0 Å². The molecule has 0 radical (unpaired) electrons. The van der Waals surface area contributed by atoms with Crippen LogP contribution < -0.4 is 4.74 Å². The van der Waals surface area contributed by atoms with Gasteiger partial charge in [-0.1, -0.05) is 59.6 Å². The number of benzene rings is 2. The Labute approximate surface area is 188 Å². The highest BCUT2D eigenvalue weighted by atomic mass is 35.5. The van der Waals surface area contributed by atoms with E-state index in [4.69, 9.17) is 27.9 Å². The third-order valence-electron chi connectivity index (χ3n) is 5.83. The molecule has 1 atom stereocenters. The summed E-state index contributed by atoms with van der Waals surface area (Å²) in [7, 11) is 1.67. The fourth-order valence-electron chi connectivity index (χ4n) is 4.28. The number of phenolic OH excluding ortho intramolecular Hbond substituents is 1. The molecule has 1 aliphatic carbocycles. The molecule has 4 rings (SSSR count). The Kier molecular flexibility index (Phi) is 6.57. The molecule has 0 bridgehead atoms. The van der Waals surface area contributed by atoms with E-state index in [1.165, 1.54) is 0 Å². The maximum Gasteiger partial charge on any atom is 0.120 e. The SMILES string of the molecule is COc1cccc(C(c2ccccc2O)N2CCN(C3=CCCC(Cl)=C3Cl)CC2)c1. The molecule has 0 saturated carbocycles. The Morgan fingerprint density at radius 1 is 1.00 bits per heavy atom. The van der Waals surface area contributed by atoms with Crippen molar-refractivity contribution in [2.24, 2.45) is 0 Å². The Hall–Kier alpha value is -2.14. The van der Waals surface area contributed by atoms with Gasteiger partial charge in [-0.15, -0.1) is 0 Å². The molecule has 2 aliphatic rings. The van der Waals surface area contributed by atoms with Gasteiger partial charge in [0.15, 0.2) is 0 Å². The second kappa shape index (κ2) is 9.34. The van der Waals surface area contributed by atoms with Crippen LogP contribution in [0.1, 0.15) is 30.0 Å². The number of piperazine rings is 1. The lowest BCUT2D eigenvalue weighted by atomic mass is 9.95. The molecule has 2 aromatic carbocycles. The lowest BCUT2D eigenvalue weighted by Crippen LogP contribution is -2.47. The van der Waals surface area contributed by atoms with E-state index in [9.17, 15) is 5.11 Å². The molecule has 4 nitrogen and oxygen atoms in total. The first-order chi connectivity index (χ1) is 14.6. The van der Waals surface area contributed by atoms with Crippen molar-refractivity contribution in [3.8, 4) is 11.5 Å². The first-order valence-electron chi connectivity index (χ1n) is 10.2. The van der Waals surface area contributed by atoms with Crippen LogP contribution in [-0.4, -0.2) is 48.2 Å². The summed E-state index contributed by atoms with van der Waals surface area (Å²) in [6.45, 7) is 3.38. The number of aromatic hydroxyl groups is 1. The zero-order valence-electron chi connectivity index (χ0n) is 17.0. The summed E-state index contributed by atoms with van der Waals surface area (Å²) >= 11 is 12.8. The normalized spacial score (nSPS) is 18.9. The van der Waals surface area contributed by atoms with Gasteiger partial charge in [0, 0.05) is 36.8 Å². The minimum Gasteiger partial charge on any atom is -0.508 e. The van der Waals surface area contributed by atoms with Crippen molar-refractivity contribution >= 4 is 23.2 Å². The van der Waals surface area contributed by atoms with Gasteiger partial charge in [-0.25, -0.2) is 0 Å². The third kappa shape index (κ3) is 4.31. The molecule has 158 valence electrons. The monoisotopic (exact) mass is 444 g/mol. The van der Waals surface area contributed by atoms with Crippen LogP contribution in [0.3, 0.4) is 0 Å². The summed E-state index contributed by atoms with van der Waals surface area (Å²) in [4.78, 5) is 4.72. The number of rotatable bonds is 5. The van der Waals surface area contributed by atoms with E-state index in [0.717, 1.165) is 66.6 Å². The standard InChI is InChI=1S/C24H26Cl2N2O2/c1-30-18-7-4-6-17(16-18)24(19-8-2-3-11-22(19)29)28-14-12-27(13-15-28)21-10-5-9-20(25)23(21)26/h2-4,6-8,10-11,16,24,29H,5,9,12-15H2,1H3. The lowest BCUT2D eigenvalue weighted by molar-refractivity contribution is 0.131. The van der Waals surface area contributed by atoms with Crippen LogP contribution in [0.2, 0.25) is 0 Å². The van der Waals surface area contributed by atoms with Gasteiger partial charge < -0.3 is 14.7 Å². The average molecular weight is 445 g/mol. The van der Waals surface area contributed by atoms with Crippen molar-refractivity contribution in [2.75, 3.05) is 33.3 Å². The summed E-state index contributed by atoms with van der Waals surface area (Å²) in [6.07, 6.45) is 3.93. The highest BCUT2D eigenvalue weighted by molar-refractivity contribution is 6.40. The van der Waals surface area contributed by atoms with E-state index < -0.39 is 0 Å². The molecular formula is C24H26Cl2N2O2. The van der Waals surface area contributed by atoms with Gasteiger partial charge in [0.05, 0.1) is 23.9 Å². The molecule has 2 aromatic rings. The molecule has 1 aliphatic heterocycles. The van der Waals surface area contributed by atoms with Crippen molar-refractivity contribution in [1.82, 2.24) is 9.80 Å². The van der Waals surface area contributed by atoms with Gasteiger partial charge in [-0.2, -0.15) is 0 Å². The topological polar surface area (TPSA) is 35.9 Å². The Bertz CT molecular complexity index is 965. The van der Waals surface area contributed by atoms with Crippen molar-refractivity contribution in [3.63, 3.8) is 0 Å². The predicted molar refractivity (Wildman–Crippen MR) is 122 cm³/mol. The highest BCUT2D eigenvalue weighted by Crippen LogP contribution is 2.37. The molecule has 1 fully saturated rings.